The molecule has 0 unspecified atom stereocenters. The monoisotopic (exact) mass is 278 g/mol. The van der Waals surface area contributed by atoms with Gasteiger partial charge in [-0.2, -0.15) is 0 Å². The van der Waals surface area contributed by atoms with Crippen LogP contribution in [0.4, 0.5) is 0 Å². The zero-order chi connectivity index (χ0) is 13.7. The van der Waals surface area contributed by atoms with E-state index in [1.54, 1.807) is 17.5 Å². The van der Waals surface area contributed by atoms with Gasteiger partial charge in [-0.05, 0) is 23.1 Å². The molecule has 0 aliphatic carbocycles. The molecule has 2 heterocycles. The van der Waals surface area contributed by atoms with E-state index in [2.05, 4.69) is 10.5 Å². The van der Waals surface area contributed by atoms with Gasteiger partial charge in [-0.25, -0.2) is 4.79 Å². The second kappa shape index (κ2) is 5.96. The number of thiophene rings is 1. The third-order valence-corrected chi connectivity index (χ3v) is 3.15. The predicted octanol–water partition coefficient (Wildman–Crippen LogP) is 1.76. The van der Waals surface area contributed by atoms with Gasteiger partial charge in [0.15, 0.2) is 5.76 Å². The molecule has 0 aromatic carbocycles. The van der Waals surface area contributed by atoms with E-state index in [1.807, 2.05) is 0 Å². The molecule has 0 spiro atoms. The van der Waals surface area contributed by atoms with Gasteiger partial charge in [0.1, 0.15) is 0 Å². The lowest BCUT2D eigenvalue weighted by Gasteiger charge is -2.01. The number of carbonyl (C=O) groups excluding carboxylic acids is 1. The van der Waals surface area contributed by atoms with Crippen molar-refractivity contribution in [1.82, 2.24) is 10.5 Å². The Morgan fingerprint density at radius 2 is 2.32 bits per heavy atom. The maximum Gasteiger partial charge on any atom is 0.328 e. The molecule has 19 heavy (non-hydrogen) atoms. The van der Waals surface area contributed by atoms with Gasteiger partial charge in [0, 0.05) is 12.1 Å². The number of hydrogen-bond donors (Lipinski definition) is 2. The van der Waals surface area contributed by atoms with Gasteiger partial charge in [0.25, 0.3) is 5.91 Å². The highest BCUT2D eigenvalue weighted by Crippen LogP contribution is 2.18. The van der Waals surface area contributed by atoms with Crippen molar-refractivity contribution in [3.8, 4) is 0 Å². The van der Waals surface area contributed by atoms with Crippen LogP contribution in [0.5, 0.6) is 0 Å². The molecule has 0 fully saturated rings. The van der Waals surface area contributed by atoms with Crippen LogP contribution in [0.1, 0.15) is 21.0 Å². The van der Waals surface area contributed by atoms with Crippen molar-refractivity contribution < 1.29 is 19.2 Å². The first-order chi connectivity index (χ1) is 9.16. The fraction of sp³-hybridized carbons (Fsp3) is 0.0833. The molecule has 7 heteroatoms. The van der Waals surface area contributed by atoms with Crippen molar-refractivity contribution in [2.24, 2.45) is 0 Å². The summed E-state index contributed by atoms with van der Waals surface area (Å²) in [5.41, 5.74) is 0.572. The summed E-state index contributed by atoms with van der Waals surface area (Å²) in [4.78, 5) is 22.8. The van der Waals surface area contributed by atoms with Crippen molar-refractivity contribution in [3.63, 3.8) is 0 Å². The molecule has 98 valence electrons. The highest BCUT2D eigenvalue weighted by molar-refractivity contribution is 7.12. The number of rotatable bonds is 5. The fourth-order valence-electron chi connectivity index (χ4n) is 1.38. The standard InChI is InChI=1S/C12H10N2O4S/c15-10(16)2-1-8-4-6-19-11(8)12(17)13-7-9-3-5-14-18-9/h1-6H,7H2,(H,13,17)(H,15,16)/b2-1+. The van der Waals surface area contributed by atoms with Crippen LogP contribution >= 0.6 is 11.3 Å². The Kier molecular flexibility index (Phi) is 4.09. The van der Waals surface area contributed by atoms with Gasteiger partial charge in [-0.3, -0.25) is 4.79 Å². The van der Waals surface area contributed by atoms with Crippen LogP contribution in [0, 0.1) is 0 Å². The van der Waals surface area contributed by atoms with E-state index < -0.39 is 5.97 Å². The Morgan fingerprint density at radius 3 is 3.00 bits per heavy atom. The zero-order valence-electron chi connectivity index (χ0n) is 9.70. The first kappa shape index (κ1) is 13.0. The third-order valence-electron chi connectivity index (χ3n) is 2.22. The molecule has 2 aromatic rings. The molecule has 1 amide bonds. The lowest BCUT2D eigenvalue weighted by atomic mass is 10.2. The number of hydrogen-bond acceptors (Lipinski definition) is 5. The summed E-state index contributed by atoms with van der Waals surface area (Å²) in [6.07, 6.45) is 3.88. The molecule has 2 N–H and O–H groups in total. The smallest absolute Gasteiger partial charge is 0.328 e. The molecular formula is C12H10N2O4S. The van der Waals surface area contributed by atoms with Crippen LogP contribution in [0.3, 0.4) is 0 Å². The Balaban J connectivity index is 2.03. The van der Waals surface area contributed by atoms with Crippen LogP contribution in [0.2, 0.25) is 0 Å². The van der Waals surface area contributed by atoms with Gasteiger partial charge < -0.3 is 14.9 Å². The molecule has 0 saturated carbocycles. The van der Waals surface area contributed by atoms with E-state index in [0.717, 1.165) is 6.08 Å². The topological polar surface area (TPSA) is 92.4 Å². The second-order valence-electron chi connectivity index (χ2n) is 3.54. The summed E-state index contributed by atoms with van der Waals surface area (Å²) in [5, 5.41) is 16.5. The van der Waals surface area contributed by atoms with E-state index in [-0.39, 0.29) is 12.5 Å². The summed E-state index contributed by atoms with van der Waals surface area (Å²) in [6, 6.07) is 3.34. The SMILES string of the molecule is O=C(O)/C=C/c1ccsc1C(=O)NCc1ccno1. The number of carboxylic acid groups (broad SMARTS) is 1. The first-order valence-electron chi connectivity index (χ1n) is 5.33. The minimum absolute atomic E-state index is 0.235. The van der Waals surface area contributed by atoms with Crippen molar-refractivity contribution in [3.05, 3.63) is 46.0 Å². The number of aromatic nitrogens is 1. The van der Waals surface area contributed by atoms with Gasteiger partial charge >= 0.3 is 5.97 Å². The molecule has 0 aliphatic heterocycles. The summed E-state index contributed by atoms with van der Waals surface area (Å²) in [7, 11) is 0. The molecule has 0 atom stereocenters. The summed E-state index contributed by atoms with van der Waals surface area (Å²) < 4.78 is 4.86. The average Bonchev–Trinajstić information content (AvgIpc) is 3.04. The number of aliphatic carboxylic acids is 1. The molecule has 0 radical (unpaired) electrons. The lowest BCUT2D eigenvalue weighted by Crippen LogP contribution is -2.22. The number of amides is 1. The van der Waals surface area contributed by atoms with Crippen LogP contribution in [0.15, 0.2) is 34.3 Å². The number of carboxylic acids is 1. The minimum Gasteiger partial charge on any atom is -0.478 e. The molecule has 6 nitrogen and oxygen atoms in total. The second-order valence-corrected chi connectivity index (χ2v) is 4.45. The van der Waals surface area contributed by atoms with E-state index in [4.69, 9.17) is 9.63 Å². The zero-order valence-corrected chi connectivity index (χ0v) is 10.5. The van der Waals surface area contributed by atoms with Crippen molar-refractivity contribution in [1.29, 1.82) is 0 Å². The fourth-order valence-corrected chi connectivity index (χ4v) is 2.18. The van der Waals surface area contributed by atoms with E-state index >= 15 is 0 Å². The highest BCUT2D eigenvalue weighted by atomic mass is 32.1. The van der Waals surface area contributed by atoms with E-state index in [9.17, 15) is 9.59 Å². The van der Waals surface area contributed by atoms with Crippen molar-refractivity contribution in [2.45, 2.75) is 6.54 Å². The Morgan fingerprint density at radius 1 is 1.47 bits per heavy atom. The molecule has 2 aromatic heterocycles. The molecule has 0 aliphatic rings. The number of carbonyl (C=O) groups is 2. The van der Waals surface area contributed by atoms with Gasteiger partial charge in [-0.15, -0.1) is 11.3 Å². The molecule has 0 bridgehead atoms. The van der Waals surface area contributed by atoms with E-state index in [0.29, 0.717) is 16.2 Å². The number of nitrogens with zero attached hydrogens (tertiary/aromatic N) is 1. The van der Waals surface area contributed by atoms with Gasteiger partial charge in [0.2, 0.25) is 0 Å². The predicted molar refractivity (Wildman–Crippen MR) is 68.7 cm³/mol. The van der Waals surface area contributed by atoms with Crippen LogP contribution in [-0.4, -0.2) is 22.1 Å². The minimum atomic E-state index is -1.06. The van der Waals surface area contributed by atoms with Crippen LogP contribution < -0.4 is 5.32 Å². The summed E-state index contributed by atoms with van der Waals surface area (Å²) in [5.74, 6) is -0.789. The van der Waals surface area contributed by atoms with Crippen molar-refractivity contribution in [2.75, 3.05) is 0 Å². The molecule has 0 saturated heterocycles. The molecular weight excluding hydrogens is 268 g/mol. The third kappa shape index (κ3) is 3.52. The Bertz CT molecular complexity index is 601. The quantitative estimate of drug-likeness (QED) is 0.813. The summed E-state index contributed by atoms with van der Waals surface area (Å²) in [6.45, 7) is 0.235. The maximum atomic E-state index is 11.9. The Hall–Kier alpha value is -2.41. The first-order valence-corrected chi connectivity index (χ1v) is 6.21. The summed E-state index contributed by atoms with van der Waals surface area (Å²) >= 11 is 1.24. The van der Waals surface area contributed by atoms with Gasteiger partial charge in [-0.1, -0.05) is 5.16 Å². The van der Waals surface area contributed by atoms with Crippen LogP contribution in [0.25, 0.3) is 6.08 Å². The average molecular weight is 278 g/mol. The largest absolute Gasteiger partial charge is 0.478 e. The van der Waals surface area contributed by atoms with Gasteiger partial charge in [0.05, 0.1) is 17.6 Å². The van der Waals surface area contributed by atoms with E-state index in [1.165, 1.54) is 23.6 Å². The molecule has 2 rings (SSSR count). The van der Waals surface area contributed by atoms with Crippen LogP contribution in [-0.2, 0) is 11.3 Å². The maximum absolute atomic E-state index is 11.9. The van der Waals surface area contributed by atoms with Crippen molar-refractivity contribution >= 4 is 29.3 Å². The highest BCUT2D eigenvalue weighted by Gasteiger charge is 2.12. The lowest BCUT2D eigenvalue weighted by molar-refractivity contribution is -0.131. The normalized spacial score (nSPS) is 10.7. The number of nitrogens with one attached hydrogen (secondary N) is 1. The Labute approximate surface area is 112 Å².